The Morgan fingerprint density at radius 3 is 2.87 bits per heavy atom. The summed E-state index contributed by atoms with van der Waals surface area (Å²) < 4.78 is 5.40. The second kappa shape index (κ2) is 7.57. The number of rotatable bonds is 2. The highest BCUT2D eigenvalue weighted by molar-refractivity contribution is 5.86. The van der Waals surface area contributed by atoms with Gasteiger partial charge in [-0.3, -0.25) is 9.98 Å². The van der Waals surface area contributed by atoms with E-state index in [1.54, 1.807) is 6.21 Å². The molecule has 126 valence electrons. The number of amides is 1. The third-order valence-electron chi connectivity index (χ3n) is 4.08. The van der Waals surface area contributed by atoms with Gasteiger partial charge in [-0.2, -0.15) is 0 Å². The molecule has 2 rings (SSSR count). The first-order chi connectivity index (χ1) is 10.9. The van der Waals surface area contributed by atoms with Crippen molar-refractivity contribution < 1.29 is 9.53 Å². The molecule has 0 aromatic heterocycles. The van der Waals surface area contributed by atoms with E-state index in [1.165, 1.54) is 0 Å². The van der Waals surface area contributed by atoms with Crippen molar-refractivity contribution in [3.63, 3.8) is 0 Å². The predicted octanol–water partition coefficient (Wildman–Crippen LogP) is 3.76. The lowest BCUT2D eigenvalue weighted by Crippen LogP contribution is -2.51. The second-order valence-corrected chi connectivity index (χ2v) is 6.58. The molecule has 1 fully saturated rings. The van der Waals surface area contributed by atoms with Crippen molar-refractivity contribution in [1.29, 1.82) is 0 Å². The zero-order valence-electron chi connectivity index (χ0n) is 14.6. The van der Waals surface area contributed by atoms with Crippen LogP contribution >= 0.6 is 0 Å². The molecule has 1 amide bonds. The van der Waals surface area contributed by atoms with E-state index in [-0.39, 0.29) is 24.3 Å². The van der Waals surface area contributed by atoms with Crippen LogP contribution in [0.5, 0.6) is 0 Å². The first kappa shape index (κ1) is 17.4. The number of fused-ring (bicyclic) bond motifs is 1. The van der Waals surface area contributed by atoms with Crippen molar-refractivity contribution in [1.82, 2.24) is 4.90 Å². The Bertz CT molecular complexity index is 561. The Morgan fingerprint density at radius 2 is 2.22 bits per heavy atom. The molecule has 0 radical (unpaired) electrons. The lowest BCUT2D eigenvalue weighted by Gasteiger charge is -2.39. The van der Waals surface area contributed by atoms with Gasteiger partial charge < -0.3 is 9.64 Å². The minimum atomic E-state index is -0.245. The van der Waals surface area contributed by atoms with E-state index in [9.17, 15) is 4.79 Å². The Kier molecular flexibility index (Phi) is 5.74. The van der Waals surface area contributed by atoms with Gasteiger partial charge in [-0.05, 0) is 52.2 Å². The summed E-state index contributed by atoms with van der Waals surface area (Å²) >= 11 is 0. The van der Waals surface area contributed by atoms with Gasteiger partial charge in [0.2, 0.25) is 0 Å². The molecule has 0 spiro atoms. The van der Waals surface area contributed by atoms with Crippen LogP contribution in [0.1, 0.15) is 47.0 Å². The monoisotopic (exact) mass is 317 g/mol. The molecule has 5 nitrogen and oxygen atoms in total. The maximum Gasteiger partial charge on any atom is 0.410 e. The third-order valence-corrected chi connectivity index (χ3v) is 4.08. The number of piperidine rings is 1. The Hall–Kier alpha value is -1.91. The highest BCUT2D eigenvalue weighted by Crippen LogP contribution is 2.26. The smallest absolute Gasteiger partial charge is 0.410 e. The molecule has 23 heavy (non-hydrogen) atoms. The average Bonchev–Trinajstić information content (AvgIpc) is 2.54. The normalized spacial score (nSPS) is 24.8. The second-order valence-electron chi connectivity index (χ2n) is 6.58. The van der Waals surface area contributed by atoms with Crippen molar-refractivity contribution >= 4 is 18.0 Å². The van der Waals surface area contributed by atoms with Crippen LogP contribution in [-0.2, 0) is 4.74 Å². The Morgan fingerprint density at radius 1 is 1.48 bits per heavy atom. The molecule has 0 N–H and O–H groups in total. The fraction of sp³-hybridized carbons (Fsp3) is 0.611. The first-order valence-corrected chi connectivity index (χ1v) is 8.29. The van der Waals surface area contributed by atoms with Gasteiger partial charge in [-0.25, -0.2) is 4.79 Å². The van der Waals surface area contributed by atoms with E-state index in [4.69, 9.17) is 4.74 Å². The summed E-state index contributed by atoms with van der Waals surface area (Å²) in [6.07, 6.45) is 5.98. The summed E-state index contributed by atoms with van der Waals surface area (Å²) in [6, 6.07) is 0.0993. The van der Waals surface area contributed by atoms with Gasteiger partial charge in [0.05, 0.1) is 23.9 Å². The largest absolute Gasteiger partial charge is 0.447 e. The first-order valence-electron chi connectivity index (χ1n) is 8.29. The zero-order chi connectivity index (χ0) is 17.0. The van der Waals surface area contributed by atoms with E-state index < -0.39 is 0 Å². The summed E-state index contributed by atoms with van der Waals surface area (Å²) in [5.41, 5.74) is 2.75. The SMILES string of the molecule is C=C(C)C1=CC=NC2CCCN(C(=O)OC(C)C)C2CC(C)=N1. The number of ether oxygens (including phenoxy) is 1. The standard InChI is InChI=1S/C18H27N3O2/c1-12(2)15-8-9-19-16-7-6-10-21(18(22)23-13(3)4)17(16)11-14(5)20-15/h8-9,13,16-17H,1,6-7,10-11H2,2-5H3. The molecule has 1 saturated heterocycles. The van der Waals surface area contributed by atoms with Crippen LogP contribution in [0.3, 0.4) is 0 Å². The van der Waals surface area contributed by atoms with Gasteiger partial charge in [0.15, 0.2) is 0 Å². The van der Waals surface area contributed by atoms with Gasteiger partial charge in [0.25, 0.3) is 0 Å². The minimum Gasteiger partial charge on any atom is -0.447 e. The van der Waals surface area contributed by atoms with Gasteiger partial charge in [0.1, 0.15) is 0 Å². The van der Waals surface area contributed by atoms with E-state index >= 15 is 0 Å². The summed E-state index contributed by atoms with van der Waals surface area (Å²) in [6.45, 7) is 12.4. The maximum absolute atomic E-state index is 12.4. The van der Waals surface area contributed by atoms with E-state index in [1.807, 2.05) is 38.7 Å². The van der Waals surface area contributed by atoms with E-state index in [2.05, 4.69) is 16.6 Å². The molecular formula is C18H27N3O2. The minimum absolute atomic E-state index is 0.00729. The molecule has 2 atom stereocenters. The summed E-state index contributed by atoms with van der Waals surface area (Å²) in [5.74, 6) is 0. The van der Waals surface area contributed by atoms with Crippen LogP contribution in [0.25, 0.3) is 0 Å². The molecule has 0 bridgehead atoms. The number of carbonyl (C=O) groups excluding carboxylic acids is 1. The number of nitrogens with zero attached hydrogens (tertiary/aromatic N) is 3. The summed E-state index contributed by atoms with van der Waals surface area (Å²) in [7, 11) is 0. The maximum atomic E-state index is 12.4. The molecule has 2 aliphatic rings. The number of hydrogen-bond acceptors (Lipinski definition) is 4. The fourth-order valence-corrected chi connectivity index (χ4v) is 3.01. The number of likely N-dealkylation sites (tertiary alicyclic amines) is 1. The van der Waals surface area contributed by atoms with Crippen molar-refractivity contribution in [3.05, 3.63) is 23.9 Å². The fourth-order valence-electron chi connectivity index (χ4n) is 3.01. The van der Waals surface area contributed by atoms with Crippen LogP contribution < -0.4 is 0 Å². The molecule has 2 heterocycles. The van der Waals surface area contributed by atoms with Gasteiger partial charge in [-0.15, -0.1) is 0 Å². The van der Waals surface area contributed by atoms with Crippen LogP contribution in [0.2, 0.25) is 0 Å². The van der Waals surface area contributed by atoms with Crippen molar-refractivity contribution in [3.8, 4) is 0 Å². The molecule has 2 unspecified atom stereocenters. The number of aliphatic imine (C=N–C) groups is 2. The van der Waals surface area contributed by atoms with Crippen LogP contribution in [0.4, 0.5) is 4.79 Å². The summed E-state index contributed by atoms with van der Waals surface area (Å²) in [5, 5.41) is 0. The third kappa shape index (κ3) is 4.53. The van der Waals surface area contributed by atoms with Gasteiger partial charge >= 0.3 is 6.09 Å². The predicted molar refractivity (Wildman–Crippen MR) is 94.2 cm³/mol. The van der Waals surface area contributed by atoms with Crippen LogP contribution in [0.15, 0.2) is 33.9 Å². The lowest BCUT2D eigenvalue weighted by molar-refractivity contribution is 0.0497. The number of carbonyl (C=O) groups is 1. The summed E-state index contributed by atoms with van der Waals surface area (Å²) in [4.78, 5) is 23.6. The topological polar surface area (TPSA) is 54.3 Å². The van der Waals surface area contributed by atoms with Crippen LogP contribution in [0, 0.1) is 0 Å². The zero-order valence-corrected chi connectivity index (χ0v) is 14.6. The highest BCUT2D eigenvalue weighted by Gasteiger charge is 2.35. The average molecular weight is 317 g/mol. The quantitative estimate of drug-likeness (QED) is 0.778. The Balaban J connectivity index is 2.27. The van der Waals surface area contributed by atoms with E-state index in [0.717, 1.165) is 36.4 Å². The highest BCUT2D eigenvalue weighted by atomic mass is 16.6. The van der Waals surface area contributed by atoms with E-state index in [0.29, 0.717) is 6.42 Å². The van der Waals surface area contributed by atoms with Crippen molar-refractivity contribution in [2.24, 2.45) is 9.98 Å². The molecule has 0 aromatic carbocycles. The molecule has 2 aliphatic heterocycles. The Labute approximate surface area is 138 Å². The van der Waals surface area contributed by atoms with Crippen molar-refractivity contribution in [2.45, 2.75) is 65.1 Å². The van der Waals surface area contributed by atoms with Gasteiger partial charge in [-0.1, -0.05) is 6.58 Å². The molecule has 0 saturated carbocycles. The van der Waals surface area contributed by atoms with Gasteiger partial charge in [0, 0.05) is 24.9 Å². The van der Waals surface area contributed by atoms with Crippen LogP contribution in [-0.4, -0.2) is 47.7 Å². The molecule has 5 heteroatoms. The number of allylic oxidation sites excluding steroid dienone is 2. The van der Waals surface area contributed by atoms with Crippen molar-refractivity contribution in [2.75, 3.05) is 6.54 Å². The molecule has 0 aromatic rings. The molecular weight excluding hydrogens is 290 g/mol. The number of hydrogen-bond donors (Lipinski definition) is 0. The molecule has 0 aliphatic carbocycles. The lowest BCUT2D eigenvalue weighted by atomic mass is 9.93.